The molecule has 0 aliphatic carbocycles. The van der Waals surface area contributed by atoms with Crippen LogP contribution in [0.3, 0.4) is 0 Å². The van der Waals surface area contributed by atoms with E-state index >= 15 is 0 Å². The van der Waals surface area contributed by atoms with Gasteiger partial charge >= 0.3 is 0 Å². The van der Waals surface area contributed by atoms with E-state index in [1.54, 1.807) is 0 Å². The molecule has 2 rings (SSSR count). The highest BCUT2D eigenvalue weighted by molar-refractivity contribution is 5.07. The molecule has 3 nitrogen and oxygen atoms in total. The first-order chi connectivity index (χ1) is 8.83. The summed E-state index contributed by atoms with van der Waals surface area (Å²) in [6.45, 7) is 4.52. The third-order valence-electron chi connectivity index (χ3n) is 3.87. The molecular formula is C15H25NO2. The van der Waals surface area contributed by atoms with E-state index < -0.39 is 0 Å². The second kappa shape index (κ2) is 6.95. The molecule has 2 heterocycles. The number of aryl methyl sites for hydroxylation is 1. The molecule has 1 saturated heterocycles. The van der Waals surface area contributed by atoms with Crippen LogP contribution in [0.5, 0.6) is 0 Å². The molecule has 0 spiro atoms. The lowest BCUT2D eigenvalue weighted by atomic mass is 9.98. The van der Waals surface area contributed by atoms with Gasteiger partial charge in [0.2, 0.25) is 0 Å². The standard InChI is InChI=1S/C15H25NO2/c1-2-14-8-9-15(18-14)12-16-10-4-3-6-13(16)7-5-11-17/h8-9,13,17H,2-7,10-12H2,1H3/t13-/m1/s1. The molecule has 1 aromatic rings. The largest absolute Gasteiger partial charge is 0.465 e. The van der Waals surface area contributed by atoms with E-state index in [9.17, 15) is 0 Å². The van der Waals surface area contributed by atoms with Gasteiger partial charge in [-0.2, -0.15) is 0 Å². The van der Waals surface area contributed by atoms with Crippen LogP contribution in [0.1, 0.15) is 50.5 Å². The number of aliphatic hydroxyl groups excluding tert-OH is 1. The molecule has 18 heavy (non-hydrogen) atoms. The number of piperidine rings is 1. The molecule has 0 amide bonds. The fourth-order valence-corrected chi connectivity index (χ4v) is 2.82. The molecule has 1 aliphatic rings. The van der Waals surface area contributed by atoms with Gasteiger partial charge in [0.25, 0.3) is 0 Å². The van der Waals surface area contributed by atoms with Crippen LogP contribution in [0, 0.1) is 0 Å². The van der Waals surface area contributed by atoms with Crippen molar-refractivity contribution >= 4 is 0 Å². The lowest BCUT2D eigenvalue weighted by Gasteiger charge is -2.35. The number of rotatable bonds is 6. The number of furan rings is 1. The summed E-state index contributed by atoms with van der Waals surface area (Å²) in [6.07, 6.45) is 6.87. The molecule has 1 aliphatic heterocycles. The van der Waals surface area contributed by atoms with E-state index in [2.05, 4.69) is 24.0 Å². The zero-order valence-corrected chi connectivity index (χ0v) is 11.4. The highest BCUT2D eigenvalue weighted by Crippen LogP contribution is 2.23. The number of likely N-dealkylation sites (tertiary alicyclic amines) is 1. The van der Waals surface area contributed by atoms with Crippen molar-refractivity contribution in [1.82, 2.24) is 4.90 Å². The highest BCUT2D eigenvalue weighted by atomic mass is 16.3. The van der Waals surface area contributed by atoms with Gasteiger partial charge in [0.15, 0.2) is 0 Å². The summed E-state index contributed by atoms with van der Waals surface area (Å²) in [5.41, 5.74) is 0. The summed E-state index contributed by atoms with van der Waals surface area (Å²) in [4.78, 5) is 2.53. The monoisotopic (exact) mass is 251 g/mol. The second-order valence-electron chi connectivity index (χ2n) is 5.21. The van der Waals surface area contributed by atoms with Crippen LogP contribution < -0.4 is 0 Å². The molecule has 0 saturated carbocycles. The molecule has 1 N–H and O–H groups in total. The Balaban J connectivity index is 1.91. The van der Waals surface area contributed by atoms with Crippen LogP contribution in [0.4, 0.5) is 0 Å². The van der Waals surface area contributed by atoms with Crippen LogP contribution in [0.25, 0.3) is 0 Å². The first-order valence-electron chi connectivity index (χ1n) is 7.26. The van der Waals surface area contributed by atoms with E-state index in [4.69, 9.17) is 9.52 Å². The molecular weight excluding hydrogens is 226 g/mol. The molecule has 3 heteroatoms. The zero-order chi connectivity index (χ0) is 12.8. The molecule has 1 atom stereocenters. The van der Waals surface area contributed by atoms with Crippen molar-refractivity contribution in [3.05, 3.63) is 23.7 Å². The predicted molar refractivity (Wildman–Crippen MR) is 72.5 cm³/mol. The van der Waals surface area contributed by atoms with E-state index in [0.29, 0.717) is 12.6 Å². The van der Waals surface area contributed by atoms with Gasteiger partial charge in [-0.05, 0) is 44.4 Å². The normalized spacial score (nSPS) is 21.3. The molecule has 0 radical (unpaired) electrons. The van der Waals surface area contributed by atoms with Crippen molar-refractivity contribution in [2.75, 3.05) is 13.2 Å². The molecule has 102 valence electrons. The van der Waals surface area contributed by atoms with Crippen molar-refractivity contribution in [2.24, 2.45) is 0 Å². The Labute approximate surface area is 110 Å². The fraction of sp³-hybridized carbons (Fsp3) is 0.733. The third kappa shape index (κ3) is 3.59. The summed E-state index contributed by atoms with van der Waals surface area (Å²) in [5, 5.41) is 8.97. The molecule has 1 aromatic heterocycles. The van der Waals surface area contributed by atoms with Crippen LogP contribution in [-0.2, 0) is 13.0 Å². The van der Waals surface area contributed by atoms with Gasteiger partial charge in [-0.25, -0.2) is 0 Å². The highest BCUT2D eigenvalue weighted by Gasteiger charge is 2.22. The Hall–Kier alpha value is -0.800. The molecule has 0 unspecified atom stereocenters. The van der Waals surface area contributed by atoms with E-state index in [1.165, 1.54) is 19.3 Å². The van der Waals surface area contributed by atoms with Crippen molar-refractivity contribution in [2.45, 2.75) is 58.0 Å². The van der Waals surface area contributed by atoms with Crippen LogP contribution >= 0.6 is 0 Å². The van der Waals surface area contributed by atoms with Gasteiger partial charge in [0.1, 0.15) is 11.5 Å². The average Bonchev–Trinajstić information content (AvgIpc) is 2.85. The predicted octanol–water partition coefficient (Wildman–Crippen LogP) is 2.97. The maximum absolute atomic E-state index is 8.97. The van der Waals surface area contributed by atoms with Gasteiger partial charge in [-0.3, -0.25) is 4.90 Å². The molecule has 1 fully saturated rings. The average molecular weight is 251 g/mol. The Bertz CT molecular complexity index is 348. The van der Waals surface area contributed by atoms with Gasteiger partial charge in [0, 0.05) is 19.1 Å². The summed E-state index contributed by atoms with van der Waals surface area (Å²) in [7, 11) is 0. The van der Waals surface area contributed by atoms with Crippen molar-refractivity contribution in [3.8, 4) is 0 Å². The fourth-order valence-electron chi connectivity index (χ4n) is 2.82. The van der Waals surface area contributed by atoms with Crippen LogP contribution in [0.2, 0.25) is 0 Å². The SMILES string of the molecule is CCc1ccc(CN2CCCC[C@@H]2CCCO)o1. The lowest BCUT2D eigenvalue weighted by molar-refractivity contribution is 0.115. The smallest absolute Gasteiger partial charge is 0.118 e. The van der Waals surface area contributed by atoms with Crippen LogP contribution in [-0.4, -0.2) is 29.2 Å². The second-order valence-corrected chi connectivity index (χ2v) is 5.21. The number of hydrogen-bond acceptors (Lipinski definition) is 3. The Morgan fingerprint density at radius 2 is 2.17 bits per heavy atom. The maximum Gasteiger partial charge on any atom is 0.118 e. The van der Waals surface area contributed by atoms with Crippen molar-refractivity contribution in [3.63, 3.8) is 0 Å². The minimum Gasteiger partial charge on any atom is -0.465 e. The zero-order valence-electron chi connectivity index (χ0n) is 11.4. The van der Waals surface area contributed by atoms with Gasteiger partial charge in [0.05, 0.1) is 6.54 Å². The number of aliphatic hydroxyl groups is 1. The summed E-state index contributed by atoms with van der Waals surface area (Å²) in [5.74, 6) is 2.16. The first-order valence-corrected chi connectivity index (χ1v) is 7.26. The Morgan fingerprint density at radius 3 is 2.89 bits per heavy atom. The lowest BCUT2D eigenvalue weighted by Crippen LogP contribution is -2.38. The van der Waals surface area contributed by atoms with Gasteiger partial charge < -0.3 is 9.52 Å². The minimum absolute atomic E-state index is 0.311. The first kappa shape index (κ1) is 13.6. The van der Waals surface area contributed by atoms with E-state index in [1.807, 2.05) is 0 Å². The van der Waals surface area contributed by atoms with Crippen molar-refractivity contribution in [1.29, 1.82) is 0 Å². The number of nitrogens with zero attached hydrogens (tertiary/aromatic N) is 1. The number of hydrogen-bond donors (Lipinski definition) is 1. The Morgan fingerprint density at radius 1 is 1.33 bits per heavy atom. The van der Waals surface area contributed by atoms with Crippen LogP contribution in [0.15, 0.2) is 16.5 Å². The maximum atomic E-state index is 8.97. The van der Waals surface area contributed by atoms with E-state index in [0.717, 1.165) is 43.9 Å². The molecule has 0 bridgehead atoms. The molecule has 0 aromatic carbocycles. The summed E-state index contributed by atoms with van der Waals surface area (Å²) in [6, 6.07) is 4.82. The Kier molecular flexibility index (Phi) is 5.26. The summed E-state index contributed by atoms with van der Waals surface area (Å²) < 4.78 is 5.80. The third-order valence-corrected chi connectivity index (χ3v) is 3.87. The van der Waals surface area contributed by atoms with Gasteiger partial charge in [-0.1, -0.05) is 13.3 Å². The van der Waals surface area contributed by atoms with Gasteiger partial charge in [-0.15, -0.1) is 0 Å². The minimum atomic E-state index is 0.311. The summed E-state index contributed by atoms with van der Waals surface area (Å²) >= 11 is 0. The van der Waals surface area contributed by atoms with Crippen molar-refractivity contribution < 1.29 is 9.52 Å². The van der Waals surface area contributed by atoms with E-state index in [-0.39, 0.29) is 0 Å². The topological polar surface area (TPSA) is 36.6 Å². The quantitative estimate of drug-likeness (QED) is 0.844.